The average molecular weight is 331 g/mol. The molecule has 1 N–H and O–H groups in total. The lowest BCUT2D eigenvalue weighted by molar-refractivity contribution is 0.0949. The third kappa shape index (κ3) is 3.29. The Balaban J connectivity index is 1.66. The van der Waals surface area contributed by atoms with Crippen molar-refractivity contribution in [3.63, 3.8) is 0 Å². The summed E-state index contributed by atoms with van der Waals surface area (Å²) in [5.41, 5.74) is 1.43. The Morgan fingerprint density at radius 1 is 1.08 bits per heavy atom. The summed E-state index contributed by atoms with van der Waals surface area (Å²) in [4.78, 5) is 15.9. The van der Waals surface area contributed by atoms with E-state index in [1.807, 2.05) is 16.7 Å². The number of halogens is 3. The number of carbonyl (C=O) groups is 1. The molecule has 3 rings (SSSR count). The van der Waals surface area contributed by atoms with Crippen molar-refractivity contribution in [2.24, 2.45) is 0 Å². The molecule has 0 unspecified atom stereocenters. The summed E-state index contributed by atoms with van der Waals surface area (Å²) >= 11 is 0. The van der Waals surface area contributed by atoms with E-state index >= 15 is 0 Å². The molecule has 0 aliphatic heterocycles. The highest BCUT2D eigenvalue weighted by molar-refractivity contribution is 5.94. The van der Waals surface area contributed by atoms with E-state index in [1.165, 1.54) is 0 Å². The van der Waals surface area contributed by atoms with E-state index in [0.29, 0.717) is 12.1 Å². The van der Waals surface area contributed by atoms with Crippen molar-refractivity contribution in [1.29, 1.82) is 0 Å². The minimum atomic E-state index is -1.60. The summed E-state index contributed by atoms with van der Waals surface area (Å²) in [6.07, 6.45) is 5.12. The molecule has 0 radical (unpaired) electrons. The molecule has 1 aromatic heterocycles. The molecule has 0 aliphatic carbocycles. The number of benzene rings is 2. The van der Waals surface area contributed by atoms with Crippen LogP contribution in [0.5, 0.6) is 0 Å². The van der Waals surface area contributed by atoms with Crippen LogP contribution in [0.2, 0.25) is 0 Å². The van der Waals surface area contributed by atoms with E-state index in [0.717, 1.165) is 11.3 Å². The third-order valence-electron chi connectivity index (χ3n) is 3.44. The Kier molecular flexibility index (Phi) is 4.33. The summed E-state index contributed by atoms with van der Waals surface area (Å²) in [5.74, 6) is -5.08. The maximum atomic E-state index is 13.1. The van der Waals surface area contributed by atoms with Crippen LogP contribution >= 0.6 is 0 Å². The normalized spacial score (nSPS) is 10.6. The van der Waals surface area contributed by atoms with Crippen LogP contribution in [0.4, 0.5) is 13.2 Å². The van der Waals surface area contributed by atoms with E-state index in [2.05, 4.69) is 10.3 Å². The highest BCUT2D eigenvalue weighted by Gasteiger charge is 2.14. The van der Waals surface area contributed by atoms with Gasteiger partial charge in [0, 0.05) is 30.2 Å². The van der Waals surface area contributed by atoms with E-state index in [-0.39, 0.29) is 12.1 Å². The first-order chi connectivity index (χ1) is 11.5. The maximum Gasteiger partial charge on any atom is 0.251 e. The molecule has 0 aliphatic rings. The first-order valence-electron chi connectivity index (χ1n) is 7.04. The first kappa shape index (κ1) is 15.8. The Morgan fingerprint density at radius 3 is 2.33 bits per heavy atom. The molecule has 24 heavy (non-hydrogen) atoms. The molecule has 122 valence electrons. The van der Waals surface area contributed by atoms with E-state index in [1.54, 1.807) is 30.9 Å². The quantitative estimate of drug-likeness (QED) is 0.746. The Bertz CT molecular complexity index is 838. The van der Waals surface area contributed by atoms with Crippen molar-refractivity contribution in [2.45, 2.75) is 6.54 Å². The highest BCUT2D eigenvalue weighted by Crippen LogP contribution is 2.14. The summed E-state index contributed by atoms with van der Waals surface area (Å²) in [6.45, 7) is 0.170. The largest absolute Gasteiger partial charge is 0.348 e. The summed E-state index contributed by atoms with van der Waals surface area (Å²) < 4.78 is 41.0. The first-order valence-corrected chi connectivity index (χ1v) is 7.04. The molecule has 0 saturated carbocycles. The lowest BCUT2D eigenvalue weighted by Gasteiger charge is -2.08. The Labute approximate surface area is 135 Å². The number of hydrogen-bond acceptors (Lipinski definition) is 2. The molecular weight excluding hydrogens is 319 g/mol. The van der Waals surface area contributed by atoms with E-state index < -0.39 is 23.4 Å². The van der Waals surface area contributed by atoms with Crippen molar-refractivity contribution in [3.05, 3.63) is 83.7 Å². The van der Waals surface area contributed by atoms with Gasteiger partial charge in [-0.1, -0.05) is 12.1 Å². The lowest BCUT2D eigenvalue weighted by Crippen LogP contribution is -2.23. The molecule has 7 heteroatoms. The molecule has 0 bridgehead atoms. The predicted molar refractivity (Wildman–Crippen MR) is 81.1 cm³/mol. The molecule has 0 saturated heterocycles. The predicted octanol–water partition coefficient (Wildman–Crippen LogP) is 3.22. The van der Waals surface area contributed by atoms with Gasteiger partial charge in [0.2, 0.25) is 0 Å². The van der Waals surface area contributed by atoms with Gasteiger partial charge in [-0.25, -0.2) is 18.2 Å². The fourth-order valence-corrected chi connectivity index (χ4v) is 2.17. The summed E-state index contributed by atoms with van der Waals surface area (Å²) in [6, 6.07) is 8.63. The number of carbonyl (C=O) groups excluding carboxylic acids is 1. The second kappa shape index (κ2) is 6.57. The van der Waals surface area contributed by atoms with Gasteiger partial charge in [-0.15, -0.1) is 0 Å². The lowest BCUT2D eigenvalue weighted by atomic mass is 10.1. The van der Waals surface area contributed by atoms with Crippen molar-refractivity contribution in [1.82, 2.24) is 14.9 Å². The number of nitrogens with one attached hydrogen (secondary N) is 1. The van der Waals surface area contributed by atoms with Crippen molar-refractivity contribution in [2.75, 3.05) is 0 Å². The number of imidazole rings is 1. The fourth-order valence-electron chi connectivity index (χ4n) is 2.17. The van der Waals surface area contributed by atoms with Crippen LogP contribution in [0.3, 0.4) is 0 Å². The fraction of sp³-hybridized carbons (Fsp3) is 0.0588. The van der Waals surface area contributed by atoms with Gasteiger partial charge < -0.3 is 9.88 Å². The third-order valence-corrected chi connectivity index (χ3v) is 3.44. The Morgan fingerprint density at radius 2 is 1.75 bits per heavy atom. The second-order valence-electron chi connectivity index (χ2n) is 5.07. The van der Waals surface area contributed by atoms with E-state index in [9.17, 15) is 18.0 Å². The van der Waals surface area contributed by atoms with Crippen LogP contribution in [0.25, 0.3) is 5.69 Å². The van der Waals surface area contributed by atoms with Crippen molar-refractivity contribution >= 4 is 5.91 Å². The van der Waals surface area contributed by atoms with Gasteiger partial charge >= 0.3 is 0 Å². The van der Waals surface area contributed by atoms with Crippen LogP contribution in [0.1, 0.15) is 15.9 Å². The zero-order valence-electron chi connectivity index (χ0n) is 12.3. The SMILES string of the molecule is O=C(NCc1ccc(-n2ccnc2)cc1)c1cc(F)c(F)c(F)c1. The molecule has 1 amide bonds. The Hall–Kier alpha value is -3.09. The maximum absolute atomic E-state index is 13.1. The highest BCUT2D eigenvalue weighted by atomic mass is 19.2. The molecule has 0 fully saturated rings. The molecule has 4 nitrogen and oxygen atoms in total. The second-order valence-corrected chi connectivity index (χ2v) is 5.07. The van der Waals surface area contributed by atoms with Crippen LogP contribution in [-0.2, 0) is 6.54 Å². The molecule has 1 heterocycles. The number of amides is 1. The number of aromatic nitrogens is 2. The molecule has 2 aromatic carbocycles. The van der Waals surface area contributed by atoms with Crippen molar-refractivity contribution in [3.8, 4) is 5.69 Å². The number of rotatable bonds is 4. The average Bonchev–Trinajstić information content (AvgIpc) is 3.12. The van der Waals surface area contributed by atoms with Gasteiger partial charge in [0.05, 0.1) is 6.33 Å². The molecule has 0 atom stereocenters. The summed E-state index contributed by atoms with van der Waals surface area (Å²) in [5, 5.41) is 2.53. The van der Waals surface area contributed by atoms with Crippen LogP contribution < -0.4 is 5.32 Å². The van der Waals surface area contributed by atoms with Crippen molar-refractivity contribution < 1.29 is 18.0 Å². The number of hydrogen-bond donors (Lipinski definition) is 1. The van der Waals surface area contributed by atoms with Gasteiger partial charge in [0.1, 0.15) is 0 Å². The monoisotopic (exact) mass is 331 g/mol. The van der Waals surface area contributed by atoms with Gasteiger partial charge in [-0.3, -0.25) is 4.79 Å². The topological polar surface area (TPSA) is 46.9 Å². The van der Waals surface area contributed by atoms with Crippen LogP contribution in [0, 0.1) is 17.5 Å². The van der Waals surface area contributed by atoms with Gasteiger partial charge in [0.25, 0.3) is 5.91 Å². The number of nitrogens with zero attached hydrogens (tertiary/aromatic N) is 2. The van der Waals surface area contributed by atoms with Crippen LogP contribution in [-0.4, -0.2) is 15.5 Å². The van der Waals surface area contributed by atoms with Gasteiger partial charge in [-0.05, 0) is 29.8 Å². The zero-order valence-corrected chi connectivity index (χ0v) is 12.3. The molecule has 3 aromatic rings. The molecule has 0 spiro atoms. The minimum Gasteiger partial charge on any atom is -0.348 e. The smallest absolute Gasteiger partial charge is 0.251 e. The standard InChI is InChI=1S/C17H12F3N3O/c18-14-7-12(8-15(19)16(14)20)17(24)22-9-11-1-3-13(4-2-11)23-6-5-21-10-23/h1-8,10H,9H2,(H,22,24). The molecular formula is C17H12F3N3O. The minimum absolute atomic E-state index is 0.170. The zero-order chi connectivity index (χ0) is 17.1. The van der Waals surface area contributed by atoms with E-state index in [4.69, 9.17) is 0 Å². The van der Waals surface area contributed by atoms with Gasteiger partial charge in [-0.2, -0.15) is 0 Å². The summed E-state index contributed by atoms with van der Waals surface area (Å²) in [7, 11) is 0. The van der Waals surface area contributed by atoms with Crippen LogP contribution in [0.15, 0.2) is 55.1 Å². The van der Waals surface area contributed by atoms with Gasteiger partial charge in [0.15, 0.2) is 17.5 Å².